The van der Waals surface area contributed by atoms with Gasteiger partial charge in [-0.1, -0.05) is 18.2 Å². The van der Waals surface area contributed by atoms with Gasteiger partial charge >= 0.3 is 0 Å². The molecule has 1 amide bonds. The van der Waals surface area contributed by atoms with Crippen LogP contribution in [0, 0.1) is 0 Å². The Kier molecular flexibility index (Phi) is 6.10. The molecule has 3 heterocycles. The number of hydrogen-bond donors (Lipinski definition) is 0. The summed E-state index contributed by atoms with van der Waals surface area (Å²) >= 11 is 1.38. The number of carbonyl (C=O) groups excluding carboxylic acids is 1. The SMILES string of the molecule is CN(C)c1ccc(-n2cccc2C=C2SC(=Nc3ccccc3)N(Cc3ccco3)C2=O)cc1. The van der Waals surface area contributed by atoms with Gasteiger partial charge in [-0.2, -0.15) is 0 Å². The molecule has 34 heavy (non-hydrogen) atoms. The highest BCUT2D eigenvalue weighted by Crippen LogP contribution is 2.35. The van der Waals surface area contributed by atoms with E-state index in [4.69, 9.17) is 9.41 Å². The van der Waals surface area contributed by atoms with Gasteiger partial charge in [0.2, 0.25) is 0 Å². The standard InChI is InChI=1S/C27H24N4O2S/c1-29(2)21-12-14-22(15-13-21)30-16-6-10-23(30)18-25-26(32)31(19-24-11-7-17-33-24)27(34-25)28-20-8-4-3-5-9-20/h3-18H,19H2,1-2H3. The highest BCUT2D eigenvalue weighted by Gasteiger charge is 2.34. The minimum absolute atomic E-state index is 0.0909. The molecule has 0 radical (unpaired) electrons. The van der Waals surface area contributed by atoms with E-state index in [1.165, 1.54) is 11.8 Å². The largest absolute Gasteiger partial charge is 0.467 e. The number of nitrogens with zero attached hydrogens (tertiary/aromatic N) is 4. The molecule has 170 valence electrons. The number of para-hydroxylation sites is 1. The maximum Gasteiger partial charge on any atom is 0.267 e. The Labute approximate surface area is 202 Å². The molecule has 0 unspecified atom stereocenters. The molecule has 2 aromatic heterocycles. The first-order valence-electron chi connectivity index (χ1n) is 10.9. The highest BCUT2D eigenvalue weighted by molar-refractivity contribution is 8.18. The van der Waals surface area contributed by atoms with Crippen LogP contribution in [0.4, 0.5) is 11.4 Å². The van der Waals surface area contributed by atoms with Gasteiger partial charge in [0.25, 0.3) is 5.91 Å². The fourth-order valence-electron chi connectivity index (χ4n) is 3.69. The molecule has 6 nitrogen and oxygen atoms in total. The van der Waals surface area contributed by atoms with Crippen LogP contribution in [0.5, 0.6) is 0 Å². The molecule has 1 saturated heterocycles. The Morgan fingerprint density at radius 1 is 0.971 bits per heavy atom. The molecular weight excluding hydrogens is 444 g/mol. The summed E-state index contributed by atoms with van der Waals surface area (Å²) in [7, 11) is 4.04. The lowest BCUT2D eigenvalue weighted by molar-refractivity contribution is -0.122. The second-order valence-electron chi connectivity index (χ2n) is 8.03. The molecule has 5 rings (SSSR count). The molecule has 1 aliphatic rings. The summed E-state index contributed by atoms with van der Waals surface area (Å²) in [5.74, 6) is 0.618. The van der Waals surface area contributed by atoms with E-state index in [-0.39, 0.29) is 5.91 Å². The minimum atomic E-state index is -0.0909. The van der Waals surface area contributed by atoms with Crippen molar-refractivity contribution in [2.45, 2.75) is 6.54 Å². The van der Waals surface area contributed by atoms with E-state index in [1.807, 2.05) is 81.0 Å². The summed E-state index contributed by atoms with van der Waals surface area (Å²) in [5.41, 5.74) is 3.89. The zero-order valence-electron chi connectivity index (χ0n) is 19.0. The third-order valence-corrected chi connectivity index (χ3v) is 6.47. The van der Waals surface area contributed by atoms with E-state index in [1.54, 1.807) is 11.2 Å². The molecular formula is C27H24N4O2S. The van der Waals surface area contributed by atoms with E-state index in [0.717, 1.165) is 22.8 Å². The maximum absolute atomic E-state index is 13.4. The third-order valence-electron chi connectivity index (χ3n) is 5.47. The van der Waals surface area contributed by atoms with Gasteiger partial charge in [0.05, 0.1) is 23.4 Å². The number of carbonyl (C=O) groups is 1. The van der Waals surface area contributed by atoms with Crippen LogP contribution in [-0.4, -0.2) is 34.6 Å². The van der Waals surface area contributed by atoms with E-state index in [2.05, 4.69) is 33.7 Å². The van der Waals surface area contributed by atoms with Gasteiger partial charge in [-0.15, -0.1) is 0 Å². The minimum Gasteiger partial charge on any atom is -0.467 e. The van der Waals surface area contributed by atoms with Crippen LogP contribution in [0.1, 0.15) is 11.5 Å². The number of rotatable bonds is 6. The highest BCUT2D eigenvalue weighted by atomic mass is 32.2. The second-order valence-corrected chi connectivity index (χ2v) is 9.03. The first-order chi connectivity index (χ1) is 16.6. The second kappa shape index (κ2) is 9.49. The molecule has 0 N–H and O–H groups in total. The van der Waals surface area contributed by atoms with E-state index >= 15 is 0 Å². The van der Waals surface area contributed by atoms with Gasteiger partial charge in [-0.25, -0.2) is 4.99 Å². The van der Waals surface area contributed by atoms with Gasteiger partial charge in [0.15, 0.2) is 5.17 Å². The first kappa shape index (κ1) is 21.9. The van der Waals surface area contributed by atoms with Crippen LogP contribution in [0.3, 0.4) is 0 Å². The summed E-state index contributed by atoms with van der Waals surface area (Å²) in [6.07, 6.45) is 5.54. The van der Waals surface area contributed by atoms with Gasteiger partial charge in [0, 0.05) is 37.4 Å². The Hall–Kier alpha value is -3.97. The van der Waals surface area contributed by atoms with Crippen molar-refractivity contribution >= 4 is 40.3 Å². The molecule has 2 aromatic carbocycles. The Balaban J connectivity index is 1.48. The lowest BCUT2D eigenvalue weighted by atomic mass is 10.2. The molecule has 0 saturated carbocycles. The fourth-order valence-corrected chi connectivity index (χ4v) is 4.68. The zero-order chi connectivity index (χ0) is 23.5. The molecule has 1 aliphatic heterocycles. The molecule has 0 bridgehead atoms. The quantitative estimate of drug-likeness (QED) is 0.329. The van der Waals surface area contributed by atoms with Gasteiger partial charge in [-0.3, -0.25) is 9.69 Å². The third kappa shape index (κ3) is 4.56. The van der Waals surface area contributed by atoms with Crippen molar-refractivity contribution in [3.8, 4) is 5.69 Å². The van der Waals surface area contributed by atoms with Crippen molar-refractivity contribution in [2.75, 3.05) is 19.0 Å². The number of amides is 1. The zero-order valence-corrected chi connectivity index (χ0v) is 19.8. The molecule has 0 spiro atoms. The Morgan fingerprint density at radius 2 is 1.76 bits per heavy atom. The van der Waals surface area contributed by atoms with Crippen molar-refractivity contribution in [1.82, 2.24) is 9.47 Å². The van der Waals surface area contributed by atoms with Crippen molar-refractivity contribution in [1.29, 1.82) is 0 Å². The number of hydrogen-bond acceptors (Lipinski definition) is 5. The summed E-state index contributed by atoms with van der Waals surface area (Å²) in [6, 6.07) is 25.6. The summed E-state index contributed by atoms with van der Waals surface area (Å²) < 4.78 is 7.57. The molecule has 0 atom stereocenters. The lowest BCUT2D eigenvalue weighted by Gasteiger charge is -2.14. The van der Waals surface area contributed by atoms with Gasteiger partial charge in [0.1, 0.15) is 5.76 Å². The van der Waals surface area contributed by atoms with E-state index < -0.39 is 0 Å². The summed E-state index contributed by atoms with van der Waals surface area (Å²) in [4.78, 5) is 22.5. The number of benzene rings is 2. The van der Waals surface area contributed by atoms with Crippen LogP contribution in [-0.2, 0) is 11.3 Å². The van der Waals surface area contributed by atoms with Crippen molar-refractivity contribution in [2.24, 2.45) is 4.99 Å². The average molecular weight is 469 g/mol. The Morgan fingerprint density at radius 3 is 2.47 bits per heavy atom. The number of anilines is 1. The number of furan rings is 1. The predicted molar refractivity (Wildman–Crippen MR) is 138 cm³/mol. The van der Waals surface area contributed by atoms with Crippen LogP contribution in [0.15, 0.2) is 106 Å². The lowest BCUT2D eigenvalue weighted by Crippen LogP contribution is -2.28. The molecule has 1 fully saturated rings. The van der Waals surface area contributed by atoms with Crippen LogP contribution >= 0.6 is 11.8 Å². The number of thioether (sulfide) groups is 1. The Bertz CT molecular complexity index is 1340. The van der Waals surface area contributed by atoms with E-state index in [9.17, 15) is 4.79 Å². The summed E-state index contributed by atoms with van der Waals surface area (Å²) in [5, 5.41) is 0.632. The van der Waals surface area contributed by atoms with Crippen molar-refractivity contribution < 1.29 is 9.21 Å². The number of aliphatic imine (C=N–C) groups is 1. The topological polar surface area (TPSA) is 54.0 Å². The van der Waals surface area contributed by atoms with Crippen molar-refractivity contribution in [3.63, 3.8) is 0 Å². The molecule has 0 aliphatic carbocycles. The van der Waals surface area contributed by atoms with Crippen molar-refractivity contribution in [3.05, 3.63) is 108 Å². The maximum atomic E-state index is 13.4. The van der Waals surface area contributed by atoms with Crippen LogP contribution < -0.4 is 4.90 Å². The fraction of sp³-hybridized carbons (Fsp3) is 0.111. The smallest absolute Gasteiger partial charge is 0.267 e. The van der Waals surface area contributed by atoms with Crippen LogP contribution in [0.2, 0.25) is 0 Å². The molecule has 4 aromatic rings. The number of aromatic nitrogens is 1. The van der Waals surface area contributed by atoms with Crippen LogP contribution in [0.25, 0.3) is 11.8 Å². The normalized spacial score (nSPS) is 16.1. The summed E-state index contributed by atoms with van der Waals surface area (Å²) in [6.45, 7) is 0.328. The van der Waals surface area contributed by atoms with Gasteiger partial charge < -0.3 is 13.9 Å². The first-order valence-corrected chi connectivity index (χ1v) is 11.7. The predicted octanol–water partition coefficient (Wildman–Crippen LogP) is 5.94. The molecule has 7 heteroatoms. The number of amidine groups is 1. The van der Waals surface area contributed by atoms with E-state index in [0.29, 0.717) is 22.4 Å². The van der Waals surface area contributed by atoms with Gasteiger partial charge in [-0.05, 0) is 78.5 Å². The average Bonchev–Trinajstić information content (AvgIpc) is 3.59. The monoisotopic (exact) mass is 468 g/mol.